The molecule has 2 rings (SSSR count). The van der Waals surface area contributed by atoms with Crippen LogP contribution in [0.25, 0.3) is 0 Å². The number of hydrogen-bond acceptors (Lipinski definition) is 3. The van der Waals surface area contributed by atoms with Crippen LogP contribution in [0.2, 0.25) is 0 Å². The first-order valence-corrected chi connectivity index (χ1v) is 6.67. The molecule has 0 amide bonds. The molecule has 1 aromatic rings. The summed E-state index contributed by atoms with van der Waals surface area (Å²) in [4.78, 5) is 3.83. The molecule has 0 radical (unpaired) electrons. The molecule has 1 saturated heterocycles. The van der Waals surface area contributed by atoms with Gasteiger partial charge in [0.05, 0.1) is 0 Å². The summed E-state index contributed by atoms with van der Waals surface area (Å²) in [6, 6.07) is 5.26. The summed E-state index contributed by atoms with van der Waals surface area (Å²) in [6.45, 7) is 4.54. The number of hydrogen-bond donors (Lipinski definition) is 1. The van der Waals surface area contributed by atoms with Gasteiger partial charge in [-0.05, 0) is 29.7 Å². The third-order valence-corrected chi connectivity index (χ3v) is 4.30. The van der Waals surface area contributed by atoms with Gasteiger partial charge in [0, 0.05) is 11.8 Å². The van der Waals surface area contributed by atoms with E-state index in [0.29, 0.717) is 17.3 Å². The Labute approximate surface area is 100 Å². The van der Waals surface area contributed by atoms with Gasteiger partial charge in [-0.1, -0.05) is 19.9 Å². The maximum Gasteiger partial charge on any atom is 0.214 e. The molecule has 1 aliphatic rings. The Bertz CT molecular complexity index is 368. The fraction of sp³-hybridized carbons (Fsp3) is 0.583. The van der Waals surface area contributed by atoms with Crippen LogP contribution in [-0.4, -0.2) is 22.5 Å². The molecule has 0 aliphatic carbocycles. The molecule has 1 fully saturated rings. The second kappa shape index (κ2) is 4.62. The average molecular weight is 240 g/mol. The Hall–Kier alpha value is -0.770. The number of pyridine rings is 1. The first-order valence-electron chi connectivity index (χ1n) is 5.52. The highest BCUT2D eigenvalue weighted by molar-refractivity contribution is 7.99. The van der Waals surface area contributed by atoms with Crippen LogP contribution in [0.15, 0.2) is 18.2 Å². The summed E-state index contributed by atoms with van der Waals surface area (Å²) < 4.78 is 12.9. The fourth-order valence-corrected chi connectivity index (χ4v) is 3.33. The summed E-state index contributed by atoms with van der Waals surface area (Å²) in [7, 11) is 0. The van der Waals surface area contributed by atoms with Gasteiger partial charge in [-0.15, -0.1) is 0 Å². The van der Waals surface area contributed by atoms with Gasteiger partial charge >= 0.3 is 0 Å². The van der Waals surface area contributed by atoms with Crippen LogP contribution in [0.1, 0.15) is 20.3 Å². The first kappa shape index (κ1) is 11.7. The zero-order chi connectivity index (χ0) is 11.6. The number of anilines is 1. The molecule has 1 N–H and O–H groups in total. The number of nitrogens with zero attached hydrogens (tertiary/aromatic N) is 1. The highest BCUT2D eigenvalue weighted by Gasteiger charge is 2.28. The van der Waals surface area contributed by atoms with E-state index in [0.717, 1.165) is 12.2 Å². The third-order valence-electron chi connectivity index (χ3n) is 2.68. The van der Waals surface area contributed by atoms with E-state index in [2.05, 4.69) is 24.1 Å². The molecule has 16 heavy (non-hydrogen) atoms. The first-order chi connectivity index (χ1) is 7.55. The molecule has 88 valence electrons. The van der Waals surface area contributed by atoms with Gasteiger partial charge in [0.15, 0.2) is 0 Å². The topological polar surface area (TPSA) is 24.9 Å². The van der Waals surface area contributed by atoms with Crippen molar-refractivity contribution in [2.75, 3.05) is 16.8 Å². The van der Waals surface area contributed by atoms with E-state index in [1.807, 2.05) is 17.8 Å². The van der Waals surface area contributed by atoms with Crippen LogP contribution >= 0.6 is 11.8 Å². The second-order valence-corrected chi connectivity index (χ2v) is 6.10. The lowest BCUT2D eigenvalue weighted by molar-refractivity contribution is 0.357. The fourth-order valence-electron chi connectivity index (χ4n) is 2.05. The Morgan fingerprint density at radius 1 is 1.50 bits per heavy atom. The lowest BCUT2D eigenvalue weighted by atomic mass is 9.88. The molecule has 1 atom stereocenters. The van der Waals surface area contributed by atoms with Crippen molar-refractivity contribution < 1.29 is 4.39 Å². The number of aromatic nitrogens is 1. The molecule has 1 aliphatic heterocycles. The van der Waals surface area contributed by atoms with Crippen LogP contribution < -0.4 is 5.32 Å². The van der Waals surface area contributed by atoms with Crippen molar-refractivity contribution in [3.63, 3.8) is 0 Å². The van der Waals surface area contributed by atoms with E-state index < -0.39 is 5.95 Å². The number of rotatable bonds is 2. The zero-order valence-corrected chi connectivity index (χ0v) is 10.5. The van der Waals surface area contributed by atoms with Crippen molar-refractivity contribution in [3.8, 4) is 0 Å². The van der Waals surface area contributed by atoms with Crippen LogP contribution in [0.4, 0.5) is 10.2 Å². The van der Waals surface area contributed by atoms with Crippen molar-refractivity contribution in [2.45, 2.75) is 26.3 Å². The average Bonchev–Trinajstić information content (AvgIpc) is 2.15. The molecule has 0 spiro atoms. The quantitative estimate of drug-likeness (QED) is 0.804. The number of halogens is 1. The van der Waals surface area contributed by atoms with E-state index in [4.69, 9.17) is 0 Å². The Morgan fingerprint density at radius 2 is 2.31 bits per heavy atom. The molecule has 0 saturated carbocycles. The van der Waals surface area contributed by atoms with Gasteiger partial charge in [-0.3, -0.25) is 0 Å². The van der Waals surface area contributed by atoms with E-state index in [9.17, 15) is 4.39 Å². The lowest BCUT2D eigenvalue weighted by Gasteiger charge is -2.35. The molecule has 4 heteroatoms. The predicted molar refractivity (Wildman–Crippen MR) is 67.3 cm³/mol. The van der Waals surface area contributed by atoms with Crippen molar-refractivity contribution >= 4 is 17.6 Å². The van der Waals surface area contributed by atoms with Gasteiger partial charge in [0.1, 0.15) is 5.82 Å². The highest BCUT2D eigenvalue weighted by atomic mass is 32.2. The maximum absolute atomic E-state index is 12.9. The summed E-state index contributed by atoms with van der Waals surface area (Å²) in [5, 5.41) is 3.31. The highest BCUT2D eigenvalue weighted by Crippen LogP contribution is 2.34. The minimum atomic E-state index is -0.423. The predicted octanol–water partition coefficient (Wildman–Crippen LogP) is 3.16. The molecule has 0 aromatic carbocycles. The van der Waals surface area contributed by atoms with Crippen molar-refractivity contribution in [3.05, 3.63) is 24.1 Å². The van der Waals surface area contributed by atoms with Crippen LogP contribution in [0, 0.1) is 11.4 Å². The third kappa shape index (κ3) is 3.11. The van der Waals surface area contributed by atoms with Crippen molar-refractivity contribution in [2.24, 2.45) is 5.41 Å². The molecule has 2 nitrogen and oxygen atoms in total. The zero-order valence-electron chi connectivity index (χ0n) is 9.66. The maximum atomic E-state index is 12.9. The molecular weight excluding hydrogens is 223 g/mol. The van der Waals surface area contributed by atoms with Crippen molar-refractivity contribution in [1.82, 2.24) is 4.98 Å². The van der Waals surface area contributed by atoms with E-state index in [1.54, 1.807) is 6.07 Å². The Morgan fingerprint density at radius 3 is 3.00 bits per heavy atom. The molecule has 2 heterocycles. The number of nitrogens with one attached hydrogen (secondary N) is 1. The minimum absolute atomic E-state index is 0.355. The molecule has 1 aromatic heterocycles. The second-order valence-electron chi connectivity index (χ2n) is 5.07. The minimum Gasteiger partial charge on any atom is -0.366 e. The monoisotopic (exact) mass is 240 g/mol. The Balaban J connectivity index is 1.99. The van der Waals surface area contributed by atoms with Gasteiger partial charge in [-0.25, -0.2) is 4.98 Å². The van der Waals surface area contributed by atoms with Gasteiger partial charge in [0.2, 0.25) is 5.95 Å². The molecule has 0 bridgehead atoms. The van der Waals surface area contributed by atoms with Crippen LogP contribution in [0.5, 0.6) is 0 Å². The van der Waals surface area contributed by atoms with E-state index in [-0.39, 0.29) is 0 Å². The standard InChI is InChI=1S/C12H17FN2S/c1-12(2)6-9(7-16-8-12)14-11-5-3-4-10(13)15-11/h3-5,9H,6-8H2,1-2H3,(H,14,15). The van der Waals surface area contributed by atoms with Gasteiger partial charge < -0.3 is 5.32 Å². The van der Waals surface area contributed by atoms with Crippen molar-refractivity contribution in [1.29, 1.82) is 0 Å². The summed E-state index contributed by atoms with van der Waals surface area (Å²) in [5.41, 5.74) is 0.355. The van der Waals surface area contributed by atoms with Crippen LogP contribution in [-0.2, 0) is 0 Å². The lowest BCUT2D eigenvalue weighted by Crippen LogP contribution is -2.35. The van der Waals surface area contributed by atoms with Gasteiger partial charge in [-0.2, -0.15) is 16.2 Å². The molecular formula is C12H17FN2S. The van der Waals surface area contributed by atoms with E-state index in [1.165, 1.54) is 11.8 Å². The van der Waals surface area contributed by atoms with Gasteiger partial charge in [0.25, 0.3) is 0 Å². The Kier molecular flexibility index (Phi) is 3.38. The normalized spacial score (nSPS) is 24.1. The molecule has 1 unspecified atom stereocenters. The summed E-state index contributed by atoms with van der Waals surface area (Å²) in [6.07, 6.45) is 1.11. The smallest absolute Gasteiger partial charge is 0.214 e. The SMILES string of the molecule is CC1(C)CSCC(Nc2cccc(F)n2)C1. The number of thioether (sulfide) groups is 1. The van der Waals surface area contributed by atoms with Crippen LogP contribution in [0.3, 0.4) is 0 Å². The summed E-state index contributed by atoms with van der Waals surface area (Å²) in [5.74, 6) is 2.49. The summed E-state index contributed by atoms with van der Waals surface area (Å²) >= 11 is 1.95. The largest absolute Gasteiger partial charge is 0.366 e. The van der Waals surface area contributed by atoms with E-state index >= 15 is 0 Å².